The van der Waals surface area contributed by atoms with Gasteiger partial charge in [0.25, 0.3) is 0 Å². The summed E-state index contributed by atoms with van der Waals surface area (Å²) in [6.45, 7) is 3.59. The smallest absolute Gasteiger partial charge is 0.216 e. The van der Waals surface area contributed by atoms with Crippen molar-refractivity contribution in [1.82, 2.24) is 9.71 Å². The fraction of sp³-hybridized carbons (Fsp3) is 0.308. The first-order chi connectivity index (χ1) is 9.28. The van der Waals surface area contributed by atoms with Gasteiger partial charge >= 0.3 is 0 Å². The average molecular weight is 311 g/mol. The molecule has 2 aromatic rings. The number of nitrogens with one attached hydrogen (secondary N) is 1. The van der Waals surface area contributed by atoms with Gasteiger partial charge in [-0.2, -0.15) is 0 Å². The molecular formula is C13H17N3O2S2. The number of anilines is 1. The van der Waals surface area contributed by atoms with Crippen LogP contribution in [-0.4, -0.2) is 13.4 Å². The Morgan fingerprint density at radius 1 is 1.40 bits per heavy atom. The highest BCUT2D eigenvalue weighted by molar-refractivity contribution is 7.88. The topological polar surface area (TPSA) is 85.1 Å². The summed E-state index contributed by atoms with van der Waals surface area (Å²) in [4.78, 5) is 4.16. The van der Waals surface area contributed by atoms with Gasteiger partial charge < -0.3 is 5.73 Å². The number of benzene rings is 1. The number of rotatable bonds is 5. The maximum absolute atomic E-state index is 12.2. The van der Waals surface area contributed by atoms with Crippen molar-refractivity contribution in [3.8, 4) is 0 Å². The number of nitrogens with zero attached hydrogens (tertiary/aromatic N) is 1. The zero-order valence-corrected chi connectivity index (χ0v) is 13.0. The zero-order chi connectivity index (χ0) is 14.8. The first-order valence-electron chi connectivity index (χ1n) is 6.04. The Hall–Kier alpha value is -1.44. The molecule has 0 aliphatic rings. The van der Waals surface area contributed by atoms with Gasteiger partial charge in [0, 0.05) is 17.3 Å². The molecule has 20 heavy (non-hydrogen) atoms. The lowest BCUT2D eigenvalue weighted by molar-refractivity contribution is 0.469. The number of sulfonamides is 1. The van der Waals surface area contributed by atoms with Gasteiger partial charge in [0.15, 0.2) is 0 Å². The number of hydrogen-bond acceptors (Lipinski definition) is 5. The molecule has 1 aromatic heterocycles. The maximum Gasteiger partial charge on any atom is 0.216 e. The van der Waals surface area contributed by atoms with E-state index in [0.29, 0.717) is 11.3 Å². The van der Waals surface area contributed by atoms with E-state index in [4.69, 9.17) is 5.73 Å². The van der Waals surface area contributed by atoms with Gasteiger partial charge in [0.2, 0.25) is 10.0 Å². The molecule has 0 saturated carbocycles. The summed E-state index contributed by atoms with van der Waals surface area (Å²) >= 11 is 1.42. The number of nitrogen functional groups attached to an aromatic ring is 1. The second-order valence-corrected chi connectivity index (χ2v) is 7.69. The third kappa shape index (κ3) is 3.78. The molecule has 108 valence electrons. The molecule has 0 fully saturated rings. The first kappa shape index (κ1) is 15.0. The summed E-state index contributed by atoms with van der Waals surface area (Å²) in [7, 11) is -3.47. The fourth-order valence-electron chi connectivity index (χ4n) is 1.90. The predicted octanol–water partition coefficient (Wildman–Crippen LogP) is 2.08. The summed E-state index contributed by atoms with van der Waals surface area (Å²) in [5, 5.41) is 2.55. The van der Waals surface area contributed by atoms with Crippen LogP contribution in [0.15, 0.2) is 35.8 Å². The van der Waals surface area contributed by atoms with E-state index in [2.05, 4.69) is 9.71 Å². The van der Waals surface area contributed by atoms with Crippen LogP contribution in [-0.2, 0) is 21.3 Å². The van der Waals surface area contributed by atoms with Crippen molar-refractivity contribution in [1.29, 1.82) is 0 Å². The van der Waals surface area contributed by atoms with Crippen LogP contribution in [0, 0.1) is 0 Å². The molecule has 1 heterocycles. The van der Waals surface area contributed by atoms with Crippen molar-refractivity contribution >= 4 is 27.0 Å². The van der Waals surface area contributed by atoms with Crippen LogP contribution in [0.3, 0.4) is 0 Å². The molecule has 0 bridgehead atoms. The second-order valence-electron chi connectivity index (χ2n) is 5.07. The highest BCUT2D eigenvalue weighted by Crippen LogP contribution is 2.23. The molecule has 0 atom stereocenters. The highest BCUT2D eigenvalue weighted by atomic mass is 32.2. The molecule has 5 nitrogen and oxygen atoms in total. The molecule has 7 heteroatoms. The molecule has 0 spiro atoms. The quantitative estimate of drug-likeness (QED) is 0.828. The van der Waals surface area contributed by atoms with E-state index in [-0.39, 0.29) is 5.75 Å². The lowest BCUT2D eigenvalue weighted by Crippen LogP contribution is -2.41. The molecule has 2 rings (SSSR count). The van der Waals surface area contributed by atoms with Crippen molar-refractivity contribution in [2.75, 3.05) is 5.73 Å². The predicted molar refractivity (Wildman–Crippen MR) is 81.8 cm³/mol. The van der Waals surface area contributed by atoms with Crippen molar-refractivity contribution in [2.45, 2.75) is 25.1 Å². The van der Waals surface area contributed by atoms with Crippen LogP contribution in [0.1, 0.15) is 24.4 Å². The molecule has 0 radical (unpaired) electrons. The van der Waals surface area contributed by atoms with Gasteiger partial charge in [-0.3, -0.25) is 0 Å². The minimum atomic E-state index is -3.47. The number of nitrogens with two attached hydrogens (primary N) is 1. The summed E-state index contributed by atoms with van der Waals surface area (Å²) in [6, 6.07) is 6.87. The van der Waals surface area contributed by atoms with Crippen LogP contribution in [0.25, 0.3) is 0 Å². The molecule has 3 N–H and O–H groups in total. The van der Waals surface area contributed by atoms with Gasteiger partial charge in [0.1, 0.15) is 5.01 Å². The van der Waals surface area contributed by atoms with E-state index in [0.717, 1.165) is 5.01 Å². The van der Waals surface area contributed by atoms with Gasteiger partial charge in [-0.25, -0.2) is 18.1 Å². The summed E-state index contributed by atoms with van der Waals surface area (Å²) in [5.41, 5.74) is 6.14. The van der Waals surface area contributed by atoms with Crippen LogP contribution < -0.4 is 10.5 Å². The highest BCUT2D eigenvalue weighted by Gasteiger charge is 2.29. The zero-order valence-electron chi connectivity index (χ0n) is 11.3. The molecule has 0 saturated heterocycles. The number of hydrogen-bond donors (Lipinski definition) is 2. The summed E-state index contributed by atoms with van der Waals surface area (Å²) in [6.07, 6.45) is 1.66. The van der Waals surface area contributed by atoms with E-state index in [1.54, 1.807) is 44.3 Å². The van der Waals surface area contributed by atoms with Gasteiger partial charge in [-0.1, -0.05) is 12.1 Å². The first-order valence-corrected chi connectivity index (χ1v) is 8.58. The van der Waals surface area contributed by atoms with Gasteiger partial charge in [0.05, 0.1) is 11.3 Å². The third-order valence-corrected chi connectivity index (χ3v) is 5.32. The molecule has 0 aliphatic heterocycles. The van der Waals surface area contributed by atoms with Gasteiger partial charge in [-0.05, 0) is 31.5 Å². The Kier molecular flexibility index (Phi) is 4.12. The molecule has 0 unspecified atom stereocenters. The number of aromatic nitrogens is 1. The Morgan fingerprint density at radius 3 is 2.75 bits per heavy atom. The average Bonchev–Trinajstić information content (AvgIpc) is 2.80. The van der Waals surface area contributed by atoms with E-state index >= 15 is 0 Å². The largest absolute Gasteiger partial charge is 0.399 e. The monoisotopic (exact) mass is 311 g/mol. The lowest BCUT2D eigenvalue weighted by Gasteiger charge is -2.23. The maximum atomic E-state index is 12.2. The Labute approximate surface area is 122 Å². The molecular weight excluding hydrogens is 294 g/mol. The van der Waals surface area contributed by atoms with Crippen molar-refractivity contribution in [2.24, 2.45) is 0 Å². The van der Waals surface area contributed by atoms with Crippen LogP contribution >= 0.6 is 11.3 Å². The van der Waals surface area contributed by atoms with Crippen LogP contribution in [0.4, 0.5) is 5.69 Å². The standard InChI is InChI=1S/C13H17N3O2S2/c1-13(2,12-15-6-7-19-12)16-20(17,18)9-10-4-3-5-11(14)8-10/h3-8,16H,9,14H2,1-2H3. The van der Waals surface area contributed by atoms with Crippen molar-refractivity contribution in [3.63, 3.8) is 0 Å². The fourth-order valence-corrected chi connectivity index (χ4v) is 4.25. The van der Waals surface area contributed by atoms with E-state index in [1.807, 2.05) is 5.38 Å². The molecule has 0 amide bonds. The minimum Gasteiger partial charge on any atom is -0.399 e. The van der Waals surface area contributed by atoms with Crippen LogP contribution in [0.5, 0.6) is 0 Å². The van der Waals surface area contributed by atoms with E-state index in [1.165, 1.54) is 11.3 Å². The van der Waals surface area contributed by atoms with Crippen molar-refractivity contribution < 1.29 is 8.42 Å². The third-order valence-electron chi connectivity index (χ3n) is 2.69. The Bertz CT molecular complexity index is 679. The number of thiazole rings is 1. The molecule has 1 aromatic carbocycles. The normalized spacial score (nSPS) is 12.5. The minimum absolute atomic E-state index is 0.104. The Morgan fingerprint density at radius 2 is 2.15 bits per heavy atom. The van der Waals surface area contributed by atoms with Crippen molar-refractivity contribution in [3.05, 3.63) is 46.4 Å². The van der Waals surface area contributed by atoms with Crippen LogP contribution in [0.2, 0.25) is 0 Å². The second kappa shape index (κ2) is 5.51. The summed E-state index contributed by atoms with van der Waals surface area (Å²) < 4.78 is 27.2. The lowest BCUT2D eigenvalue weighted by atomic mass is 10.1. The van der Waals surface area contributed by atoms with E-state index in [9.17, 15) is 8.42 Å². The van der Waals surface area contributed by atoms with E-state index < -0.39 is 15.6 Å². The summed E-state index contributed by atoms with van der Waals surface area (Å²) in [5.74, 6) is -0.104. The Balaban J connectivity index is 2.16. The molecule has 0 aliphatic carbocycles. The van der Waals surface area contributed by atoms with Gasteiger partial charge in [-0.15, -0.1) is 11.3 Å². The SMILES string of the molecule is CC(C)(NS(=O)(=O)Cc1cccc(N)c1)c1nccs1.